The standard InChI is InChI=1S/C20H21BrN4O/c1-2-22-20(23-12-15-7-6-10-17(21)11-15)24-13-18-14-26-19(25-18)16-8-4-3-5-9-16/h3-11,14H,2,12-13H2,1H3,(H2,22,23,24). The van der Waals surface area contributed by atoms with Crippen molar-refractivity contribution in [2.24, 2.45) is 4.99 Å². The molecule has 0 aliphatic heterocycles. The Balaban J connectivity index is 1.62. The molecule has 0 spiro atoms. The Hall–Kier alpha value is -2.60. The third-order valence-electron chi connectivity index (χ3n) is 3.66. The lowest BCUT2D eigenvalue weighted by Crippen LogP contribution is -2.36. The summed E-state index contributed by atoms with van der Waals surface area (Å²) in [5.41, 5.74) is 2.94. The van der Waals surface area contributed by atoms with Crippen LogP contribution in [0.25, 0.3) is 11.5 Å². The van der Waals surface area contributed by atoms with E-state index in [9.17, 15) is 0 Å². The van der Waals surface area contributed by atoms with Gasteiger partial charge in [0.2, 0.25) is 5.89 Å². The highest BCUT2D eigenvalue weighted by Crippen LogP contribution is 2.17. The molecule has 0 aliphatic rings. The van der Waals surface area contributed by atoms with Gasteiger partial charge in [-0.15, -0.1) is 0 Å². The van der Waals surface area contributed by atoms with Crippen molar-refractivity contribution in [2.45, 2.75) is 20.0 Å². The number of aromatic nitrogens is 1. The molecule has 0 unspecified atom stereocenters. The zero-order chi connectivity index (χ0) is 18.2. The maximum atomic E-state index is 5.57. The minimum absolute atomic E-state index is 0.542. The van der Waals surface area contributed by atoms with Gasteiger partial charge in [0.1, 0.15) is 6.26 Å². The Morgan fingerprint density at radius 1 is 1.12 bits per heavy atom. The molecule has 26 heavy (non-hydrogen) atoms. The van der Waals surface area contributed by atoms with Crippen molar-refractivity contribution >= 4 is 21.9 Å². The van der Waals surface area contributed by atoms with E-state index in [4.69, 9.17) is 4.42 Å². The van der Waals surface area contributed by atoms with Gasteiger partial charge >= 0.3 is 0 Å². The summed E-state index contributed by atoms with van der Waals surface area (Å²) in [6, 6.07) is 18.0. The van der Waals surface area contributed by atoms with Crippen molar-refractivity contribution < 1.29 is 4.42 Å². The third kappa shape index (κ3) is 5.20. The van der Waals surface area contributed by atoms with Crippen LogP contribution in [-0.2, 0) is 13.1 Å². The first-order valence-electron chi connectivity index (χ1n) is 8.51. The number of aliphatic imine (C=N–C) groups is 1. The number of halogens is 1. The molecule has 0 atom stereocenters. The largest absolute Gasteiger partial charge is 0.444 e. The van der Waals surface area contributed by atoms with Crippen LogP contribution in [0.4, 0.5) is 0 Å². The Kier molecular flexibility index (Phi) is 6.44. The fourth-order valence-electron chi connectivity index (χ4n) is 2.42. The van der Waals surface area contributed by atoms with Crippen molar-refractivity contribution in [2.75, 3.05) is 6.54 Å². The van der Waals surface area contributed by atoms with Crippen LogP contribution >= 0.6 is 15.9 Å². The normalized spacial score (nSPS) is 11.4. The van der Waals surface area contributed by atoms with Gasteiger partial charge in [0.15, 0.2) is 5.96 Å². The van der Waals surface area contributed by atoms with Gasteiger partial charge in [-0.2, -0.15) is 0 Å². The van der Waals surface area contributed by atoms with E-state index < -0.39 is 0 Å². The molecule has 0 aliphatic carbocycles. The molecule has 0 saturated carbocycles. The minimum Gasteiger partial charge on any atom is -0.444 e. The second kappa shape index (κ2) is 9.20. The first-order valence-corrected chi connectivity index (χ1v) is 9.30. The summed E-state index contributed by atoms with van der Waals surface area (Å²) >= 11 is 3.48. The Bertz CT molecular complexity index is 861. The Morgan fingerprint density at radius 2 is 1.96 bits per heavy atom. The van der Waals surface area contributed by atoms with Crippen molar-refractivity contribution in [3.05, 3.63) is 76.6 Å². The molecule has 2 aromatic carbocycles. The molecule has 6 heteroatoms. The Morgan fingerprint density at radius 3 is 2.73 bits per heavy atom. The van der Waals surface area contributed by atoms with E-state index >= 15 is 0 Å². The highest BCUT2D eigenvalue weighted by molar-refractivity contribution is 9.10. The first-order chi connectivity index (χ1) is 12.7. The predicted molar refractivity (Wildman–Crippen MR) is 108 cm³/mol. The zero-order valence-electron chi connectivity index (χ0n) is 14.6. The highest BCUT2D eigenvalue weighted by atomic mass is 79.9. The number of rotatable bonds is 6. The SMILES string of the molecule is CCNC(=NCc1cccc(Br)c1)NCc1coc(-c2ccccc2)n1. The van der Waals surface area contributed by atoms with Crippen molar-refractivity contribution in [1.29, 1.82) is 0 Å². The number of oxazole rings is 1. The van der Waals surface area contributed by atoms with Crippen LogP contribution in [0, 0.1) is 0 Å². The van der Waals surface area contributed by atoms with E-state index in [0.717, 1.165) is 33.8 Å². The molecule has 0 bridgehead atoms. The van der Waals surface area contributed by atoms with Crippen LogP contribution < -0.4 is 10.6 Å². The Labute approximate surface area is 161 Å². The summed E-state index contributed by atoms with van der Waals surface area (Å²) in [5.74, 6) is 1.37. The summed E-state index contributed by atoms with van der Waals surface area (Å²) in [7, 11) is 0. The average Bonchev–Trinajstić information content (AvgIpc) is 3.14. The van der Waals surface area contributed by atoms with E-state index in [-0.39, 0.29) is 0 Å². The molecule has 3 aromatic rings. The topological polar surface area (TPSA) is 62.5 Å². The molecular weight excluding hydrogens is 392 g/mol. The van der Waals surface area contributed by atoms with Gasteiger partial charge in [-0.25, -0.2) is 9.98 Å². The summed E-state index contributed by atoms with van der Waals surface area (Å²) in [4.78, 5) is 9.14. The van der Waals surface area contributed by atoms with E-state index in [1.165, 1.54) is 0 Å². The quantitative estimate of drug-likeness (QED) is 0.466. The third-order valence-corrected chi connectivity index (χ3v) is 4.16. The van der Waals surface area contributed by atoms with Crippen LogP contribution in [0.5, 0.6) is 0 Å². The maximum absolute atomic E-state index is 5.57. The van der Waals surface area contributed by atoms with Gasteiger partial charge in [-0.3, -0.25) is 0 Å². The van der Waals surface area contributed by atoms with Crippen molar-refractivity contribution in [3.8, 4) is 11.5 Å². The van der Waals surface area contributed by atoms with Gasteiger partial charge in [0, 0.05) is 16.6 Å². The molecule has 5 nitrogen and oxygen atoms in total. The van der Waals surface area contributed by atoms with E-state index in [0.29, 0.717) is 19.0 Å². The summed E-state index contributed by atoms with van der Waals surface area (Å²) in [5, 5.41) is 6.54. The van der Waals surface area contributed by atoms with Crippen LogP contribution in [0.3, 0.4) is 0 Å². The molecule has 0 radical (unpaired) electrons. The first kappa shape index (κ1) is 18.2. The number of guanidine groups is 1. The molecule has 2 N–H and O–H groups in total. The lowest BCUT2D eigenvalue weighted by molar-refractivity contribution is 0.572. The van der Waals surface area contributed by atoms with Crippen LogP contribution in [-0.4, -0.2) is 17.5 Å². The molecule has 1 aromatic heterocycles. The monoisotopic (exact) mass is 412 g/mol. The minimum atomic E-state index is 0.542. The molecule has 134 valence electrons. The van der Waals surface area contributed by atoms with E-state index in [2.05, 4.69) is 48.7 Å². The predicted octanol–water partition coefficient (Wildman–Crippen LogP) is 4.36. The number of benzene rings is 2. The molecule has 0 amide bonds. The molecular formula is C20H21BrN4O. The number of nitrogens with zero attached hydrogens (tertiary/aromatic N) is 2. The summed E-state index contributed by atoms with van der Waals surface area (Å²) in [6.45, 7) is 3.97. The van der Waals surface area contributed by atoms with Gasteiger partial charge in [-0.1, -0.05) is 46.3 Å². The molecule has 0 saturated heterocycles. The number of nitrogens with one attached hydrogen (secondary N) is 2. The smallest absolute Gasteiger partial charge is 0.226 e. The van der Waals surface area contributed by atoms with Gasteiger partial charge in [0.05, 0.1) is 18.8 Å². The molecule has 0 fully saturated rings. The average molecular weight is 413 g/mol. The second-order valence-corrected chi connectivity index (χ2v) is 6.60. The van der Waals surface area contributed by atoms with Crippen LogP contribution in [0.2, 0.25) is 0 Å². The van der Waals surface area contributed by atoms with Gasteiger partial charge in [0.25, 0.3) is 0 Å². The van der Waals surface area contributed by atoms with Crippen molar-refractivity contribution in [1.82, 2.24) is 15.6 Å². The number of hydrogen-bond acceptors (Lipinski definition) is 3. The lowest BCUT2D eigenvalue weighted by Gasteiger charge is -2.10. The number of hydrogen-bond donors (Lipinski definition) is 2. The lowest BCUT2D eigenvalue weighted by atomic mass is 10.2. The summed E-state index contributed by atoms with van der Waals surface area (Å²) in [6.07, 6.45) is 1.67. The maximum Gasteiger partial charge on any atom is 0.226 e. The van der Waals surface area contributed by atoms with Gasteiger partial charge < -0.3 is 15.1 Å². The van der Waals surface area contributed by atoms with E-state index in [1.807, 2.05) is 49.4 Å². The highest BCUT2D eigenvalue weighted by Gasteiger charge is 2.07. The molecule has 3 rings (SSSR count). The van der Waals surface area contributed by atoms with Crippen LogP contribution in [0.1, 0.15) is 18.2 Å². The van der Waals surface area contributed by atoms with Gasteiger partial charge in [-0.05, 0) is 36.8 Å². The molecule has 1 heterocycles. The fraction of sp³-hybridized carbons (Fsp3) is 0.200. The summed E-state index contributed by atoms with van der Waals surface area (Å²) < 4.78 is 6.62. The zero-order valence-corrected chi connectivity index (χ0v) is 16.2. The van der Waals surface area contributed by atoms with Crippen LogP contribution in [0.15, 0.2) is 74.7 Å². The fourth-order valence-corrected chi connectivity index (χ4v) is 2.87. The van der Waals surface area contributed by atoms with E-state index in [1.54, 1.807) is 6.26 Å². The van der Waals surface area contributed by atoms with Crippen molar-refractivity contribution in [3.63, 3.8) is 0 Å². The second-order valence-electron chi connectivity index (χ2n) is 5.69.